The van der Waals surface area contributed by atoms with Gasteiger partial charge < -0.3 is 0 Å². The summed E-state index contributed by atoms with van der Waals surface area (Å²) >= 11 is 0. The molecule has 0 amide bonds. The molecule has 15 heavy (non-hydrogen) atoms. The largest absolute Gasteiger partial charge is 0.600 e. The molecule has 0 radical (unpaired) electrons. The fourth-order valence-corrected chi connectivity index (χ4v) is 4.08. The lowest BCUT2D eigenvalue weighted by molar-refractivity contribution is 0.625. The SMILES string of the molecule is c1ccc(O[P+]2=NP=NP=NP=N2)cc1. The molecule has 0 aromatic heterocycles. The maximum atomic E-state index is 5.59. The van der Waals surface area contributed by atoms with E-state index < -0.39 is 8.09 Å². The van der Waals surface area contributed by atoms with Crippen LogP contribution < -0.4 is 4.52 Å². The highest BCUT2D eigenvalue weighted by atomic mass is 31.2. The molecule has 0 saturated heterocycles. The number of hydrogen-bond acceptors (Lipinski definition) is 5. The van der Waals surface area contributed by atoms with E-state index in [9.17, 15) is 0 Å². The van der Waals surface area contributed by atoms with Crippen LogP contribution in [0.5, 0.6) is 5.75 Å². The molecule has 2 rings (SSSR count). The molecule has 0 N–H and O–H groups in total. The first-order chi connectivity index (χ1) is 7.45. The van der Waals surface area contributed by atoms with Crippen LogP contribution in [0.2, 0.25) is 0 Å². The summed E-state index contributed by atoms with van der Waals surface area (Å²) in [7, 11) is 0.805. The first-order valence-electron chi connectivity index (χ1n) is 3.90. The zero-order valence-corrected chi connectivity index (χ0v) is 11.0. The van der Waals surface area contributed by atoms with Crippen molar-refractivity contribution >= 4 is 33.7 Å². The molecule has 1 aromatic carbocycles. The lowest BCUT2D eigenvalue weighted by Crippen LogP contribution is -1.76. The Morgan fingerprint density at radius 3 is 2.67 bits per heavy atom. The molecule has 1 atom stereocenters. The van der Waals surface area contributed by atoms with Crippen molar-refractivity contribution in [2.75, 3.05) is 0 Å². The highest BCUT2D eigenvalue weighted by molar-refractivity contribution is 7.55. The van der Waals surface area contributed by atoms with Gasteiger partial charge in [-0.3, -0.25) is 0 Å². The summed E-state index contributed by atoms with van der Waals surface area (Å²) in [6.45, 7) is 0. The van der Waals surface area contributed by atoms with Crippen LogP contribution in [-0.2, 0) is 0 Å². The van der Waals surface area contributed by atoms with Crippen LogP contribution >= 0.6 is 33.7 Å². The summed E-state index contributed by atoms with van der Waals surface area (Å²) in [5.41, 5.74) is 0. The Kier molecular flexibility index (Phi) is 4.44. The quantitative estimate of drug-likeness (QED) is 0.636. The van der Waals surface area contributed by atoms with E-state index in [0.29, 0.717) is 25.6 Å². The van der Waals surface area contributed by atoms with Gasteiger partial charge in [0.25, 0.3) is 0 Å². The molecule has 0 aliphatic carbocycles. The van der Waals surface area contributed by atoms with Crippen molar-refractivity contribution in [1.82, 2.24) is 0 Å². The van der Waals surface area contributed by atoms with Crippen molar-refractivity contribution in [2.45, 2.75) is 0 Å². The van der Waals surface area contributed by atoms with Crippen LogP contribution in [0.15, 0.2) is 48.4 Å². The molecule has 0 spiro atoms. The van der Waals surface area contributed by atoms with Gasteiger partial charge in [-0.25, -0.2) is 4.52 Å². The van der Waals surface area contributed by atoms with E-state index in [-0.39, 0.29) is 0 Å². The van der Waals surface area contributed by atoms with E-state index in [1.807, 2.05) is 30.3 Å². The molecular weight excluding hydrogens is 268 g/mol. The zero-order chi connectivity index (χ0) is 10.3. The molecule has 1 heterocycles. The van der Waals surface area contributed by atoms with Gasteiger partial charge in [-0.2, -0.15) is 9.03 Å². The fraction of sp³-hybridized carbons (Fsp3) is 0. The molecule has 74 valence electrons. The Labute approximate surface area is 92.7 Å². The van der Waals surface area contributed by atoms with E-state index >= 15 is 0 Å². The van der Waals surface area contributed by atoms with Gasteiger partial charge in [0, 0.05) is 9.03 Å². The molecule has 0 bridgehead atoms. The highest BCUT2D eigenvalue weighted by Gasteiger charge is 2.16. The predicted molar refractivity (Wildman–Crippen MR) is 64.5 cm³/mol. The van der Waals surface area contributed by atoms with Crippen LogP contribution in [0.4, 0.5) is 0 Å². The van der Waals surface area contributed by atoms with Crippen molar-refractivity contribution in [2.24, 2.45) is 18.1 Å². The van der Waals surface area contributed by atoms with E-state index in [1.165, 1.54) is 0 Å². The normalized spacial score (nSPS) is 19.9. The topological polar surface area (TPSA) is 58.7 Å². The number of benzene rings is 1. The summed E-state index contributed by atoms with van der Waals surface area (Å²) in [6.07, 6.45) is 0. The third kappa shape index (κ3) is 3.81. The highest BCUT2D eigenvalue weighted by Crippen LogP contribution is 2.40. The number of hydrogen-bond donors (Lipinski definition) is 0. The van der Waals surface area contributed by atoms with Crippen LogP contribution in [-0.4, -0.2) is 0 Å². The molecule has 1 aliphatic heterocycles. The average Bonchev–Trinajstić information content (AvgIpc) is 2.23. The molecule has 1 aromatic rings. The lowest BCUT2D eigenvalue weighted by Gasteiger charge is -1.89. The second-order valence-electron chi connectivity index (χ2n) is 2.28. The third-order valence-corrected chi connectivity index (χ3v) is 4.84. The van der Waals surface area contributed by atoms with Gasteiger partial charge in [-0.15, -0.1) is 0 Å². The van der Waals surface area contributed by atoms with Gasteiger partial charge in [-0.05, 0) is 12.1 Å². The molecule has 1 aliphatic rings. The van der Waals surface area contributed by atoms with Gasteiger partial charge in [0.05, 0.1) is 0 Å². The van der Waals surface area contributed by atoms with Gasteiger partial charge in [-0.1, -0.05) is 18.2 Å². The molecule has 9 heteroatoms. The first kappa shape index (κ1) is 10.9. The van der Waals surface area contributed by atoms with Crippen LogP contribution in [0, 0.1) is 0 Å². The Hall–Kier alpha value is -0.580. The van der Waals surface area contributed by atoms with E-state index in [0.717, 1.165) is 5.75 Å². The van der Waals surface area contributed by atoms with Crippen molar-refractivity contribution in [3.05, 3.63) is 30.3 Å². The summed E-state index contributed by atoms with van der Waals surface area (Å²) < 4.78 is 22.0. The van der Waals surface area contributed by atoms with Gasteiger partial charge in [0.1, 0.15) is 0 Å². The van der Waals surface area contributed by atoms with Crippen molar-refractivity contribution < 1.29 is 4.52 Å². The maximum absolute atomic E-state index is 5.59. The van der Waals surface area contributed by atoms with E-state index in [1.54, 1.807) is 0 Å². The third-order valence-electron chi connectivity index (χ3n) is 1.32. The average molecular weight is 273 g/mol. The van der Waals surface area contributed by atoms with Crippen molar-refractivity contribution in [3.63, 3.8) is 0 Å². The van der Waals surface area contributed by atoms with Gasteiger partial charge in [0.2, 0.25) is 17.0 Å². The van der Waals surface area contributed by atoms with Crippen LogP contribution in [0.1, 0.15) is 0 Å². The zero-order valence-electron chi connectivity index (χ0n) is 7.37. The lowest BCUT2D eigenvalue weighted by atomic mass is 10.3. The number of para-hydroxylation sites is 1. The number of rotatable bonds is 2. The van der Waals surface area contributed by atoms with Crippen LogP contribution in [0.25, 0.3) is 0 Å². The van der Waals surface area contributed by atoms with Gasteiger partial charge >= 0.3 is 8.09 Å². The molecule has 1 unspecified atom stereocenters. The first-order valence-corrected chi connectivity index (χ1v) is 7.46. The summed E-state index contributed by atoms with van der Waals surface area (Å²) in [5, 5.41) is 0. The molecule has 0 saturated carbocycles. The number of nitrogens with zero attached hydrogens (tertiary/aromatic N) is 4. The van der Waals surface area contributed by atoms with Crippen molar-refractivity contribution in [3.8, 4) is 5.75 Å². The monoisotopic (exact) mass is 273 g/mol. The van der Waals surface area contributed by atoms with Gasteiger partial charge in [0.15, 0.2) is 14.3 Å². The minimum Gasteiger partial charge on any atom is -0.247 e. The van der Waals surface area contributed by atoms with E-state index in [4.69, 9.17) is 4.52 Å². The Morgan fingerprint density at radius 2 is 1.80 bits per heavy atom. The second-order valence-corrected chi connectivity index (χ2v) is 6.37. The molecule has 0 fully saturated rings. The predicted octanol–water partition coefficient (Wildman–Crippen LogP) is 5.71. The second kappa shape index (κ2) is 6.10. The minimum atomic E-state index is -1.16. The van der Waals surface area contributed by atoms with E-state index in [2.05, 4.69) is 18.1 Å². The Balaban J connectivity index is 2.12. The Bertz CT molecular complexity index is 444. The minimum absolute atomic E-state index is 0.639. The molecule has 5 nitrogen and oxygen atoms in total. The standard InChI is InChI=1S/C6H5N4OP4/c1-2-4-6(5-3-1)11-15-9-13-7-12-8-14-10-15/h1-5H/q+1. The van der Waals surface area contributed by atoms with Crippen molar-refractivity contribution in [1.29, 1.82) is 0 Å². The maximum Gasteiger partial charge on any atom is 0.600 e. The smallest absolute Gasteiger partial charge is 0.247 e. The summed E-state index contributed by atoms with van der Waals surface area (Å²) in [5.74, 6) is 0.777. The fourth-order valence-electron chi connectivity index (χ4n) is 0.788. The summed E-state index contributed by atoms with van der Waals surface area (Å²) in [4.78, 5) is 0. The summed E-state index contributed by atoms with van der Waals surface area (Å²) in [6, 6.07) is 9.53. The Morgan fingerprint density at radius 1 is 1.00 bits per heavy atom. The molecular formula is C6H5N4OP4+. The van der Waals surface area contributed by atoms with Crippen LogP contribution in [0.3, 0.4) is 0 Å².